The number of hydrazine groups is 1. The van der Waals surface area contributed by atoms with Crippen molar-refractivity contribution in [3.05, 3.63) is 29.6 Å². The fourth-order valence-corrected chi connectivity index (χ4v) is 1.94. The average Bonchev–Trinajstić information content (AvgIpc) is 2.31. The van der Waals surface area contributed by atoms with Crippen LogP contribution in [-0.4, -0.2) is 4.98 Å². The summed E-state index contributed by atoms with van der Waals surface area (Å²) in [5, 5.41) is 0. The van der Waals surface area contributed by atoms with E-state index in [9.17, 15) is 0 Å². The lowest BCUT2D eigenvalue weighted by Gasteiger charge is -2.17. The van der Waals surface area contributed by atoms with E-state index in [-0.39, 0.29) is 6.04 Å². The van der Waals surface area contributed by atoms with Crippen LogP contribution < -0.4 is 11.3 Å². The molecule has 0 saturated heterocycles. The molecule has 3 heteroatoms. The van der Waals surface area contributed by atoms with E-state index in [4.69, 9.17) is 5.84 Å². The highest BCUT2D eigenvalue weighted by molar-refractivity contribution is 5.24. The Morgan fingerprint density at radius 2 is 2.19 bits per heavy atom. The van der Waals surface area contributed by atoms with Gasteiger partial charge >= 0.3 is 0 Å². The van der Waals surface area contributed by atoms with Gasteiger partial charge in [0.1, 0.15) is 0 Å². The van der Waals surface area contributed by atoms with Crippen LogP contribution >= 0.6 is 0 Å². The maximum absolute atomic E-state index is 5.61. The van der Waals surface area contributed by atoms with Crippen molar-refractivity contribution in [1.29, 1.82) is 0 Å². The third kappa shape index (κ3) is 3.91. The Hall–Kier alpha value is -0.930. The van der Waals surface area contributed by atoms with Gasteiger partial charge in [0.25, 0.3) is 0 Å². The van der Waals surface area contributed by atoms with E-state index in [1.165, 1.54) is 36.8 Å². The zero-order chi connectivity index (χ0) is 11.8. The second-order valence-electron chi connectivity index (χ2n) is 4.30. The maximum Gasteiger partial charge on any atom is 0.0477 e. The molecule has 1 rings (SSSR count). The molecule has 3 N–H and O–H groups in total. The van der Waals surface area contributed by atoms with Crippen molar-refractivity contribution in [2.75, 3.05) is 0 Å². The van der Waals surface area contributed by atoms with Crippen LogP contribution in [0.5, 0.6) is 0 Å². The zero-order valence-corrected chi connectivity index (χ0v) is 10.4. The summed E-state index contributed by atoms with van der Waals surface area (Å²) in [6.45, 7) is 4.33. The van der Waals surface area contributed by atoms with Crippen LogP contribution in [0.15, 0.2) is 18.5 Å². The third-order valence-electron chi connectivity index (χ3n) is 3.00. The predicted octanol–water partition coefficient (Wildman–Crippen LogP) is 2.86. The Balaban J connectivity index is 2.51. The normalized spacial score (nSPS) is 12.7. The number of nitrogens with one attached hydrogen (secondary N) is 1. The minimum absolute atomic E-state index is 0.241. The molecule has 1 aromatic rings. The molecule has 16 heavy (non-hydrogen) atoms. The topological polar surface area (TPSA) is 50.9 Å². The summed E-state index contributed by atoms with van der Waals surface area (Å²) in [7, 11) is 0. The lowest BCUT2D eigenvalue weighted by Crippen LogP contribution is -2.28. The molecule has 0 amide bonds. The van der Waals surface area contributed by atoms with E-state index in [0.29, 0.717) is 0 Å². The molecule has 90 valence electrons. The average molecular weight is 221 g/mol. The molecule has 0 radical (unpaired) electrons. The van der Waals surface area contributed by atoms with Gasteiger partial charge in [0, 0.05) is 18.4 Å². The first-order valence-electron chi connectivity index (χ1n) is 6.16. The number of rotatable bonds is 7. The number of nitrogens with zero attached hydrogens (tertiary/aromatic N) is 1. The van der Waals surface area contributed by atoms with Crippen LogP contribution in [0.25, 0.3) is 0 Å². The standard InChI is InChI=1S/C13H23N3/c1-3-4-5-6-7-13(16-14)12-10-15-9-8-11(12)2/h8-10,13,16H,3-7,14H2,1-2H3. The first kappa shape index (κ1) is 13.1. The van der Waals surface area contributed by atoms with Crippen molar-refractivity contribution in [2.45, 2.75) is 52.0 Å². The number of nitrogens with two attached hydrogens (primary N) is 1. The molecule has 0 aliphatic heterocycles. The summed E-state index contributed by atoms with van der Waals surface area (Å²) in [5.41, 5.74) is 5.38. The highest BCUT2D eigenvalue weighted by atomic mass is 15.2. The molecule has 3 nitrogen and oxygen atoms in total. The van der Waals surface area contributed by atoms with Gasteiger partial charge in [-0.3, -0.25) is 16.3 Å². The molecular weight excluding hydrogens is 198 g/mol. The maximum atomic E-state index is 5.61. The van der Waals surface area contributed by atoms with Gasteiger partial charge in [-0.2, -0.15) is 0 Å². The van der Waals surface area contributed by atoms with E-state index >= 15 is 0 Å². The number of aryl methyl sites for hydroxylation is 1. The van der Waals surface area contributed by atoms with Crippen LogP contribution in [0.4, 0.5) is 0 Å². The Morgan fingerprint density at radius 3 is 2.81 bits per heavy atom. The lowest BCUT2D eigenvalue weighted by molar-refractivity contribution is 0.479. The fraction of sp³-hybridized carbons (Fsp3) is 0.615. The summed E-state index contributed by atoms with van der Waals surface area (Å²) < 4.78 is 0. The fourth-order valence-electron chi connectivity index (χ4n) is 1.94. The molecule has 0 aliphatic carbocycles. The van der Waals surface area contributed by atoms with Gasteiger partial charge in [-0.05, 0) is 30.5 Å². The van der Waals surface area contributed by atoms with Gasteiger partial charge in [-0.1, -0.05) is 32.6 Å². The summed E-state index contributed by atoms with van der Waals surface area (Å²) in [4.78, 5) is 4.16. The summed E-state index contributed by atoms with van der Waals surface area (Å²) >= 11 is 0. The Morgan fingerprint density at radius 1 is 1.38 bits per heavy atom. The molecule has 0 fully saturated rings. The van der Waals surface area contributed by atoms with Crippen molar-refractivity contribution >= 4 is 0 Å². The second kappa shape index (κ2) is 7.36. The quantitative estimate of drug-likeness (QED) is 0.423. The SMILES string of the molecule is CCCCCCC(NN)c1cnccc1C. The minimum Gasteiger partial charge on any atom is -0.271 e. The van der Waals surface area contributed by atoms with E-state index in [2.05, 4.69) is 24.3 Å². The molecular formula is C13H23N3. The van der Waals surface area contributed by atoms with E-state index in [1.807, 2.05) is 18.5 Å². The van der Waals surface area contributed by atoms with Crippen molar-refractivity contribution in [1.82, 2.24) is 10.4 Å². The zero-order valence-electron chi connectivity index (χ0n) is 10.4. The highest BCUT2D eigenvalue weighted by Gasteiger charge is 2.11. The van der Waals surface area contributed by atoms with Crippen LogP contribution in [0.2, 0.25) is 0 Å². The van der Waals surface area contributed by atoms with Crippen LogP contribution in [0.3, 0.4) is 0 Å². The second-order valence-corrected chi connectivity index (χ2v) is 4.30. The Bertz CT molecular complexity index is 299. The molecule has 0 bridgehead atoms. The number of aromatic nitrogens is 1. The number of hydrogen-bond donors (Lipinski definition) is 2. The minimum atomic E-state index is 0.241. The number of pyridine rings is 1. The van der Waals surface area contributed by atoms with Gasteiger partial charge < -0.3 is 0 Å². The third-order valence-corrected chi connectivity index (χ3v) is 3.00. The van der Waals surface area contributed by atoms with Gasteiger partial charge in [-0.15, -0.1) is 0 Å². The summed E-state index contributed by atoms with van der Waals surface area (Å²) in [5.74, 6) is 5.61. The van der Waals surface area contributed by atoms with Crippen LogP contribution in [0, 0.1) is 6.92 Å². The van der Waals surface area contributed by atoms with Crippen LogP contribution in [0.1, 0.15) is 56.2 Å². The highest BCUT2D eigenvalue weighted by Crippen LogP contribution is 2.21. The Labute approximate surface area is 98.4 Å². The molecule has 0 spiro atoms. The van der Waals surface area contributed by atoms with Gasteiger partial charge in [0.05, 0.1) is 0 Å². The molecule has 1 atom stereocenters. The largest absolute Gasteiger partial charge is 0.271 e. The molecule has 1 heterocycles. The lowest BCUT2D eigenvalue weighted by atomic mass is 9.99. The predicted molar refractivity (Wildman–Crippen MR) is 67.8 cm³/mol. The Kier molecular flexibility index (Phi) is 6.04. The summed E-state index contributed by atoms with van der Waals surface area (Å²) in [6, 6.07) is 2.27. The summed E-state index contributed by atoms with van der Waals surface area (Å²) in [6.07, 6.45) is 9.91. The van der Waals surface area contributed by atoms with Crippen molar-refractivity contribution in [2.24, 2.45) is 5.84 Å². The first-order chi connectivity index (χ1) is 7.79. The smallest absolute Gasteiger partial charge is 0.0477 e. The molecule has 0 aromatic carbocycles. The number of unbranched alkanes of at least 4 members (excludes halogenated alkanes) is 3. The number of hydrogen-bond acceptors (Lipinski definition) is 3. The molecule has 1 aromatic heterocycles. The van der Waals surface area contributed by atoms with Crippen molar-refractivity contribution < 1.29 is 0 Å². The first-order valence-corrected chi connectivity index (χ1v) is 6.16. The van der Waals surface area contributed by atoms with Crippen molar-refractivity contribution in [3.8, 4) is 0 Å². The van der Waals surface area contributed by atoms with Crippen LogP contribution in [-0.2, 0) is 0 Å². The monoisotopic (exact) mass is 221 g/mol. The van der Waals surface area contributed by atoms with E-state index in [1.54, 1.807) is 0 Å². The molecule has 0 saturated carbocycles. The van der Waals surface area contributed by atoms with Gasteiger partial charge in [0.15, 0.2) is 0 Å². The van der Waals surface area contributed by atoms with Gasteiger partial charge in [0.2, 0.25) is 0 Å². The van der Waals surface area contributed by atoms with Crippen molar-refractivity contribution in [3.63, 3.8) is 0 Å². The molecule has 0 aliphatic rings. The molecule has 1 unspecified atom stereocenters. The van der Waals surface area contributed by atoms with E-state index in [0.717, 1.165) is 6.42 Å². The van der Waals surface area contributed by atoms with E-state index < -0.39 is 0 Å². The van der Waals surface area contributed by atoms with Gasteiger partial charge in [-0.25, -0.2) is 0 Å².